The molecule has 3 atom stereocenters. The maximum atomic E-state index is 14.2. The number of amides is 3. The number of thioether (sulfide) groups is 1. The van der Waals surface area contributed by atoms with E-state index in [2.05, 4.69) is 10.6 Å². The largest absolute Gasteiger partial charge is 0.483 e. The number of ether oxygens (including phenoxy) is 1. The second-order valence-corrected chi connectivity index (χ2v) is 12.9. The van der Waals surface area contributed by atoms with Gasteiger partial charge in [-0.1, -0.05) is 54.6 Å². The van der Waals surface area contributed by atoms with Gasteiger partial charge in [0, 0.05) is 16.9 Å². The number of nitrogens with one attached hydrogen (secondary N) is 2. The molecule has 0 aliphatic carbocycles. The molecule has 1 aliphatic heterocycles. The second kappa shape index (κ2) is 14.2. The molecule has 0 aromatic heterocycles. The Morgan fingerprint density at radius 1 is 1.00 bits per heavy atom. The van der Waals surface area contributed by atoms with Crippen LogP contribution in [-0.4, -0.2) is 63.1 Å². The molecule has 1 unspecified atom stereocenters. The zero-order chi connectivity index (χ0) is 32.0. The van der Waals surface area contributed by atoms with Crippen molar-refractivity contribution in [3.8, 4) is 5.75 Å². The van der Waals surface area contributed by atoms with Crippen molar-refractivity contribution >= 4 is 29.5 Å². The molecule has 234 valence electrons. The molecule has 11 heteroatoms. The standard InChI is InChI=1S/C33H37F2N3O5S/c1-20-10-8-11-21(2)29(20)43-18-27(39)37-26(16-22-12-6-5-7-13-22)28(40)32(42)38-19-44-33(3,4)30(38)31(41)36-17-23-24(34)14-9-15-25(23)35/h5-15,26,28,30,40H,16-19H2,1-4H3,(H,36,41)(H,37,39)/t26-,28-,30?/m0/s1. The van der Waals surface area contributed by atoms with Crippen LogP contribution in [0.4, 0.5) is 8.78 Å². The molecule has 1 heterocycles. The summed E-state index contributed by atoms with van der Waals surface area (Å²) < 4.78 is 33.3. The minimum atomic E-state index is -1.70. The van der Waals surface area contributed by atoms with E-state index >= 15 is 0 Å². The van der Waals surface area contributed by atoms with Crippen molar-refractivity contribution in [2.24, 2.45) is 0 Å². The van der Waals surface area contributed by atoms with E-state index in [1.54, 1.807) is 13.8 Å². The van der Waals surface area contributed by atoms with Crippen molar-refractivity contribution in [3.05, 3.63) is 101 Å². The number of hydrogen-bond acceptors (Lipinski definition) is 6. The van der Waals surface area contributed by atoms with E-state index in [1.165, 1.54) is 22.7 Å². The van der Waals surface area contributed by atoms with E-state index in [0.29, 0.717) is 5.75 Å². The number of hydrogen-bond donors (Lipinski definition) is 3. The lowest BCUT2D eigenvalue weighted by atomic mass is 9.97. The van der Waals surface area contributed by atoms with Gasteiger partial charge in [-0.05, 0) is 62.9 Å². The Hall–Kier alpha value is -3.96. The number of aliphatic hydroxyl groups is 1. The number of para-hydroxylation sites is 1. The first-order valence-corrected chi connectivity index (χ1v) is 15.2. The smallest absolute Gasteiger partial charge is 0.258 e. The highest BCUT2D eigenvalue weighted by molar-refractivity contribution is 8.00. The average molecular weight is 626 g/mol. The molecular weight excluding hydrogens is 588 g/mol. The van der Waals surface area contributed by atoms with Crippen LogP contribution in [0.1, 0.15) is 36.1 Å². The van der Waals surface area contributed by atoms with Crippen LogP contribution in [0, 0.1) is 25.5 Å². The maximum absolute atomic E-state index is 14.2. The van der Waals surface area contributed by atoms with Crippen molar-refractivity contribution in [2.75, 3.05) is 12.5 Å². The van der Waals surface area contributed by atoms with Crippen LogP contribution in [0.15, 0.2) is 66.7 Å². The minimum Gasteiger partial charge on any atom is -0.483 e. The molecule has 0 spiro atoms. The molecule has 3 N–H and O–H groups in total. The molecule has 0 bridgehead atoms. The van der Waals surface area contributed by atoms with Gasteiger partial charge < -0.3 is 25.4 Å². The summed E-state index contributed by atoms with van der Waals surface area (Å²) in [6, 6.07) is 16.1. The van der Waals surface area contributed by atoms with Gasteiger partial charge in [-0.25, -0.2) is 8.78 Å². The predicted molar refractivity (Wildman–Crippen MR) is 165 cm³/mol. The molecule has 1 saturated heterocycles. The van der Waals surface area contributed by atoms with Crippen molar-refractivity contribution in [2.45, 2.75) is 63.6 Å². The summed E-state index contributed by atoms with van der Waals surface area (Å²) in [5.74, 6) is -2.82. The number of aliphatic hydroxyl groups excluding tert-OH is 1. The number of carbonyl (C=O) groups excluding carboxylic acids is 3. The van der Waals surface area contributed by atoms with E-state index in [9.17, 15) is 28.3 Å². The van der Waals surface area contributed by atoms with E-state index < -0.39 is 58.8 Å². The molecule has 4 rings (SSSR count). The van der Waals surface area contributed by atoms with Gasteiger partial charge in [-0.3, -0.25) is 14.4 Å². The second-order valence-electron chi connectivity index (χ2n) is 11.3. The summed E-state index contributed by atoms with van der Waals surface area (Å²) in [6.45, 7) is 6.55. The zero-order valence-corrected chi connectivity index (χ0v) is 25.9. The Morgan fingerprint density at radius 3 is 2.25 bits per heavy atom. The topological polar surface area (TPSA) is 108 Å². The molecule has 8 nitrogen and oxygen atoms in total. The van der Waals surface area contributed by atoms with Crippen LogP contribution in [0.5, 0.6) is 5.75 Å². The third kappa shape index (κ3) is 7.75. The Morgan fingerprint density at radius 2 is 1.61 bits per heavy atom. The summed E-state index contributed by atoms with van der Waals surface area (Å²) in [5, 5.41) is 16.7. The van der Waals surface area contributed by atoms with Gasteiger partial charge >= 0.3 is 0 Å². The van der Waals surface area contributed by atoms with Crippen LogP contribution < -0.4 is 15.4 Å². The molecule has 3 aromatic carbocycles. The van der Waals surface area contributed by atoms with Crippen LogP contribution in [0.2, 0.25) is 0 Å². The molecular formula is C33H37F2N3O5S. The quantitative estimate of drug-likeness (QED) is 0.297. The lowest BCUT2D eigenvalue weighted by Gasteiger charge is -2.33. The molecule has 1 fully saturated rings. The molecule has 0 saturated carbocycles. The van der Waals surface area contributed by atoms with Crippen LogP contribution in [0.25, 0.3) is 0 Å². The first kappa shape index (κ1) is 32.9. The minimum absolute atomic E-state index is 0.0940. The van der Waals surface area contributed by atoms with Crippen molar-refractivity contribution in [1.29, 1.82) is 0 Å². The fourth-order valence-corrected chi connectivity index (χ4v) is 6.39. The van der Waals surface area contributed by atoms with Gasteiger partial charge in [0.2, 0.25) is 5.91 Å². The lowest BCUT2D eigenvalue weighted by molar-refractivity contribution is -0.148. The van der Waals surface area contributed by atoms with Gasteiger partial charge in [0.05, 0.1) is 11.9 Å². The predicted octanol–water partition coefficient (Wildman–Crippen LogP) is 4.05. The fraction of sp³-hybridized carbons (Fsp3) is 0.364. The van der Waals surface area contributed by atoms with Crippen LogP contribution >= 0.6 is 11.8 Å². The van der Waals surface area contributed by atoms with Gasteiger partial charge in [0.1, 0.15) is 23.4 Å². The monoisotopic (exact) mass is 625 g/mol. The zero-order valence-electron chi connectivity index (χ0n) is 25.1. The number of rotatable bonds is 11. The fourth-order valence-electron chi connectivity index (χ4n) is 5.25. The van der Waals surface area contributed by atoms with E-state index in [-0.39, 0.29) is 24.5 Å². The maximum Gasteiger partial charge on any atom is 0.258 e. The van der Waals surface area contributed by atoms with E-state index in [1.807, 2.05) is 62.4 Å². The molecule has 0 radical (unpaired) electrons. The highest BCUT2D eigenvalue weighted by Gasteiger charge is 2.49. The Balaban J connectivity index is 1.50. The van der Waals surface area contributed by atoms with Crippen molar-refractivity contribution in [3.63, 3.8) is 0 Å². The molecule has 1 aliphatic rings. The molecule has 3 amide bonds. The third-order valence-electron chi connectivity index (χ3n) is 7.61. The first-order valence-electron chi connectivity index (χ1n) is 14.2. The Bertz CT molecular complexity index is 1460. The summed E-state index contributed by atoms with van der Waals surface area (Å²) in [4.78, 5) is 41.5. The van der Waals surface area contributed by atoms with Gasteiger partial charge in [0.15, 0.2) is 12.7 Å². The number of benzene rings is 3. The van der Waals surface area contributed by atoms with Crippen molar-refractivity contribution in [1.82, 2.24) is 15.5 Å². The van der Waals surface area contributed by atoms with Crippen LogP contribution in [0.3, 0.4) is 0 Å². The van der Waals surface area contributed by atoms with Crippen LogP contribution in [-0.2, 0) is 27.3 Å². The average Bonchev–Trinajstić information content (AvgIpc) is 3.30. The number of halogens is 2. The third-order valence-corrected chi connectivity index (χ3v) is 8.99. The first-order chi connectivity index (χ1) is 20.9. The van der Waals surface area contributed by atoms with Gasteiger partial charge in [0.25, 0.3) is 11.8 Å². The summed E-state index contributed by atoms with van der Waals surface area (Å²) >= 11 is 1.33. The number of aryl methyl sites for hydroxylation is 2. The Kier molecular flexibility index (Phi) is 10.6. The number of nitrogens with zero attached hydrogens (tertiary/aromatic N) is 1. The molecule has 3 aromatic rings. The van der Waals surface area contributed by atoms with Crippen molar-refractivity contribution < 1.29 is 33.0 Å². The Labute approximate surface area is 260 Å². The highest BCUT2D eigenvalue weighted by atomic mass is 32.2. The number of carbonyl (C=O) groups is 3. The summed E-state index contributed by atoms with van der Waals surface area (Å²) in [5.41, 5.74) is 2.21. The SMILES string of the molecule is Cc1cccc(C)c1OCC(=O)N[C@@H](Cc1ccccc1)[C@H](O)C(=O)N1CSC(C)(C)C1C(=O)NCc1c(F)cccc1F. The van der Waals surface area contributed by atoms with E-state index in [4.69, 9.17) is 4.74 Å². The van der Waals surface area contributed by atoms with E-state index in [0.717, 1.165) is 28.8 Å². The highest BCUT2D eigenvalue weighted by Crippen LogP contribution is 2.40. The normalized spacial score (nSPS) is 17.1. The van der Waals surface area contributed by atoms with Gasteiger partial charge in [-0.2, -0.15) is 0 Å². The molecule has 44 heavy (non-hydrogen) atoms. The van der Waals surface area contributed by atoms with Gasteiger partial charge in [-0.15, -0.1) is 11.8 Å². The summed E-state index contributed by atoms with van der Waals surface area (Å²) in [7, 11) is 0. The summed E-state index contributed by atoms with van der Waals surface area (Å²) in [6.07, 6.45) is -1.57. The lowest BCUT2D eigenvalue weighted by Crippen LogP contribution is -2.59.